The third kappa shape index (κ3) is 3.91. The van der Waals surface area contributed by atoms with E-state index in [1.165, 1.54) is 25.3 Å². The Labute approximate surface area is 137 Å². The van der Waals surface area contributed by atoms with Gasteiger partial charge in [0, 0.05) is 10.6 Å². The van der Waals surface area contributed by atoms with Gasteiger partial charge in [0.1, 0.15) is 11.5 Å². The average Bonchev–Trinajstić information content (AvgIpc) is 2.49. The highest BCUT2D eigenvalue weighted by Gasteiger charge is 2.13. The van der Waals surface area contributed by atoms with E-state index in [2.05, 4.69) is 0 Å². The van der Waals surface area contributed by atoms with E-state index >= 15 is 0 Å². The van der Waals surface area contributed by atoms with E-state index in [1.54, 1.807) is 18.2 Å². The average molecular weight is 336 g/mol. The number of ether oxygens (including phenoxy) is 2. The highest BCUT2D eigenvalue weighted by Crippen LogP contribution is 2.27. The SMILES string of the molecule is COc1ccc(Cl)cc1CC(=O)Oc1ccc(C#N)cc1Cl. The van der Waals surface area contributed by atoms with E-state index in [4.69, 9.17) is 37.9 Å². The van der Waals surface area contributed by atoms with Crippen LogP contribution in [0, 0.1) is 11.3 Å². The number of halogens is 2. The molecule has 2 aromatic rings. The van der Waals surface area contributed by atoms with Crippen LogP contribution in [0.15, 0.2) is 36.4 Å². The fourth-order valence-electron chi connectivity index (χ4n) is 1.85. The quantitative estimate of drug-likeness (QED) is 0.625. The monoisotopic (exact) mass is 335 g/mol. The third-order valence-electron chi connectivity index (χ3n) is 2.86. The Kier molecular flexibility index (Phi) is 5.26. The number of benzene rings is 2. The molecular formula is C16H11Cl2NO3. The van der Waals surface area contributed by atoms with Crippen LogP contribution in [0.5, 0.6) is 11.5 Å². The Morgan fingerprint density at radius 3 is 2.55 bits per heavy atom. The minimum Gasteiger partial charge on any atom is -0.496 e. The molecule has 0 amide bonds. The molecule has 0 radical (unpaired) electrons. The Morgan fingerprint density at radius 1 is 1.18 bits per heavy atom. The molecule has 0 aliphatic heterocycles. The van der Waals surface area contributed by atoms with Crippen molar-refractivity contribution in [2.45, 2.75) is 6.42 Å². The van der Waals surface area contributed by atoms with Gasteiger partial charge in [-0.1, -0.05) is 23.2 Å². The molecule has 0 fully saturated rings. The molecule has 0 spiro atoms. The number of esters is 1. The van der Waals surface area contributed by atoms with Gasteiger partial charge in [-0.15, -0.1) is 0 Å². The van der Waals surface area contributed by atoms with Crippen molar-refractivity contribution in [3.05, 3.63) is 57.6 Å². The molecule has 0 saturated heterocycles. The van der Waals surface area contributed by atoms with Gasteiger partial charge in [0.2, 0.25) is 0 Å². The summed E-state index contributed by atoms with van der Waals surface area (Å²) >= 11 is 11.9. The summed E-state index contributed by atoms with van der Waals surface area (Å²) in [6.07, 6.45) is -0.0138. The lowest BCUT2D eigenvalue weighted by atomic mass is 10.1. The summed E-state index contributed by atoms with van der Waals surface area (Å²) in [7, 11) is 1.51. The summed E-state index contributed by atoms with van der Waals surface area (Å²) in [4.78, 5) is 12.0. The van der Waals surface area contributed by atoms with Crippen LogP contribution < -0.4 is 9.47 Å². The van der Waals surface area contributed by atoms with E-state index in [9.17, 15) is 4.79 Å². The number of nitriles is 1. The summed E-state index contributed by atoms with van der Waals surface area (Å²) < 4.78 is 10.4. The lowest BCUT2D eigenvalue weighted by Crippen LogP contribution is -2.12. The first-order chi connectivity index (χ1) is 10.5. The molecule has 22 heavy (non-hydrogen) atoms. The molecule has 0 aromatic heterocycles. The van der Waals surface area contributed by atoms with Crippen molar-refractivity contribution in [1.29, 1.82) is 5.26 Å². The summed E-state index contributed by atoms with van der Waals surface area (Å²) in [6.45, 7) is 0. The van der Waals surface area contributed by atoms with Crippen LogP contribution in [0.1, 0.15) is 11.1 Å². The molecule has 2 rings (SSSR count). The second-order valence-corrected chi connectivity index (χ2v) is 5.21. The van der Waals surface area contributed by atoms with E-state index in [0.29, 0.717) is 21.9 Å². The fraction of sp³-hybridized carbons (Fsp3) is 0.125. The maximum absolute atomic E-state index is 12.0. The molecule has 0 saturated carbocycles. The topological polar surface area (TPSA) is 59.3 Å². The first-order valence-corrected chi connectivity index (χ1v) is 7.02. The van der Waals surface area contributed by atoms with Crippen molar-refractivity contribution in [3.63, 3.8) is 0 Å². The van der Waals surface area contributed by atoms with Crippen LogP contribution in [0.25, 0.3) is 0 Å². The van der Waals surface area contributed by atoms with E-state index in [0.717, 1.165) is 0 Å². The van der Waals surface area contributed by atoms with Gasteiger partial charge in [-0.05, 0) is 36.4 Å². The van der Waals surface area contributed by atoms with E-state index in [-0.39, 0.29) is 17.2 Å². The van der Waals surface area contributed by atoms with Crippen LogP contribution in [0.4, 0.5) is 0 Å². The highest BCUT2D eigenvalue weighted by atomic mass is 35.5. The predicted octanol–water partition coefficient (Wildman–Crippen LogP) is 4.02. The zero-order chi connectivity index (χ0) is 16.1. The Bertz CT molecular complexity index is 754. The zero-order valence-corrected chi connectivity index (χ0v) is 13.1. The van der Waals surface area contributed by atoms with Crippen molar-refractivity contribution in [1.82, 2.24) is 0 Å². The lowest BCUT2D eigenvalue weighted by Gasteiger charge is -2.10. The molecule has 0 bridgehead atoms. The summed E-state index contributed by atoms with van der Waals surface area (Å²) in [5, 5.41) is 9.47. The number of hydrogen-bond donors (Lipinski definition) is 0. The molecule has 0 aliphatic carbocycles. The van der Waals surface area contributed by atoms with Crippen molar-refractivity contribution >= 4 is 29.2 Å². The van der Waals surface area contributed by atoms with Crippen molar-refractivity contribution < 1.29 is 14.3 Å². The Hall–Kier alpha value is -2.22. The molecule has 6 heteroatoms. The van der Waals surface area contributed by atoms with E-state index < -0.39 is 5.97 Å². The molecule has 0 heterocycles. The van der Waals surface area contributed by atoms with Gasteiger partial charge in [0.05, 0.1) is 30.2 Å². The molecule has 112 valence electrons. The first kappa shape index (κ1) is 16.2. The van der Waals surface area contributed by atoms with Crippen molar-refractivity contribution in [2.24, 2.45) is 0 Å². The molecule has 0 atom stereocenters. The van der Waals surface area contributed by atoms with Gasteiger partial charge >= 0.3 is 5.97 Å². The van der Waals surface area contributed by atoms with Gasteiger partial charge in [-0.3, -0.25) is 4.79 Å². The number of rotatable bonds is 4. The third-order valence-corrected chi connectivity index (χ3v) is 3.39. The van der Waals surface area contributed by atoms with Crippen LogP contribution in [0.2, 0.25) is 10.0 Å². The molecule has 2 aromatic carbocycles. The van der Waals surface area contributed by atoms with Gasteiger partial charge in [0.15, 0.2) is 0 Å². The standard InChI is InChI=1S/C16H11Cl2NO3/c1-21-14-5-3-12(17)7-11(14)8-16(20)22-15-4-2-10(9-19)6-13(15)18/h2-7H,8H2,1H3. The summed E-state index contributed by atoms with van der Waals surface area (Å²) in [5.41, 5.74) is 1.01. The largest absolute Gasteiger partial charge is 0.496 e. The van der Waals surface area contributed by atoms with Crippen LogP contribution in [-0.4, -0.2) is 13.1 Å². The molecule has 0 unspecified atom stereocenters. The Balaban J connectivity index is 2.14. The lowest BCUT2D eigenvalue weighted by molar-refractivity contribution is -0.133. The number of methoxy groups -OCH3 is 1. The van der Waals surface area contributed by atoms with Gasteiger partial charge < -0.3 is 9.47 Å². The summed E-state index contributed by atoms with van der Waals surface area (Å²) in [5.74, 6) is 0.242. The molecule has 0 N–H and O–H groups in total. The molecular weight excluding hydrogens is 325 g/mol. The van der Waals surface area contributed by atoms with Crippen LogP contribution in [0.3, 0.4) is 0 Å². The minimum atomic E-state index is -0.507. The van der Waals surface area contributed by atoms with E-state index in [1.807, 2.05) is 6.07 Å². The van der Waals surface area contributed by atoms with Gasteiger partial charge in [0.25, 0.3) is 0 Å². The van der Waals surface area contributed by atoms with Gasteiger partial charge in [-0.25, -0.2) is 0 Å². The van der Waals surface area contributed by atoms with Crippen molar-refractivity contribution in [3.8, 4) is 17.6 Å². The van der Waals surface area contributed by atoms with Crippen molar-refractivity contribution in [2.75, 3.05) is 7.11 Å². The smallest absolute Gasteiger partial charge is 0.315 e. The molecule has 4 nitrogen and oxygen atoms in total. The normalized spacial score (nSPS) is 9.91. The summed E-state index contributed by atoms with van der Waals surface area (Å²) in [6, 6.07) is 11.4. The maximum atomic E-state index is 12.0. The number of nitrogens with zero attached hydrogens (tertiary/aromatic N) is 1. The first-order valence-electron chi connectivity index (χ1n) is 6.26. The minimum absolute atomic E-state index is 0.0138. The van der Waals surface area contributed by atoms with Crippen LogP contribution >= 0.6 is 23.2 Å². The second-order valence-electron chi connectivity index (χ2n) is 4.36. The maximum Gasteiger partial charge on any atom is 0.315 e. The second kappa shape index (κ2) is 7.17. The predicted molar refractivity (Wildman–Crippen MR) is 83.5 cm³/mol. The number of hydrogen-bond acceptors (Lipinski definition) is 4. The van der Waals surface area contributed by atoms with Gasteiger partial charge in [-0.2, -0.15) is 5.26 Å². The molecule has 0 aliphatic rings. The number of carbonyl (C=O) groups is 1. The fourth-order valence-corrected chi connectivity index (χ4v) is 2.27. The highest BCUT2D eigenvalue weighted by molar-refractivity contribution is 6.32. The van der Waals surface area contributed by atoms with Crippen LogP contribution in [-0.2, 0) is 11.2 Å². The number of carbonyl (C=O) groups excluding carboxylic acids is 1. The zero-order valence-electron chi connectivity index (χ0n) is 11.6. The Morgan fingerprint density at radius 2 is 1.91 bits per heavy atom.